The maximum Gasteiger partial charge on any atom is 0.254 e. The second-order valence-corrected chi connectivity index (χ2v) is 5.56. The van der Waals surface area contributed by atoms with Crippen molar-refractivity contribution in [2.24, 2.45) is 0 Å². The van der Waals surface area contributed by atoms with Crippen molar-refractivity contribution >= 4 is 17.5 Å². The highest BCUT2D eigenvalue weighted by Crippen LogP contribution is 2.14. The lowest BCUT2D eigenvalue weighted by Gasteiger charge is -2.28. The van der Waals surface area contributed by atoms with E-state index in [0.717, 1.165) is 37.2 Å². The van der Waals surface area contributed by atoms with Gasteiger partial charge in [-0.3, -0.25) is 4.79 Å². The predicted molar refractivity (Wildman–Crippen MR) is 78.6 cm³/mol. The zero-order valence-corrected chi connectivity index (χ0v) is 12.4. The van der Waals surface area contributed by atoms with E-state index in [1.165, 1.54) is 0 Å². The molecule has 0 aromatic heterocycles. The number of benzene rings is 1. The number of alkyl halides is 1. The number of carbonyl (C=O) groups is 1. The van der Waals surface area contributed by atoms with Crippen LogP contribution in [0.4, 0.5) is 0 Å². The van der Waals surface area contributed by atoms with Crippen LogP contribution in [0, 0.1) is 0 Å². The van der Waals surface area contributed by atoms with Crippen LogP contribution in [0.1, 0.15) is 29.3 Å². The number of likely N-dealkylation sites (N-methyl/N-ethyl adjacent to an activating group) is 1. The molecule has 0 bridgehead atoms. The number of hydrogen-bond acceptors (Lipinski definition) is 2. The molecule has 1 heterocycles. The molecule has 1 aliphatic rings. The van der Waals surface area contributed by atoms with Crippen molar-refractivity contribution < 1.29 is 4.79 Å². The summed E-state index contributed by atoms with van der Waals surface area (Å²) in [5.74, 6) is 0.614. The monoisotopic (exact) mass is 280 g/mol. The first-order valence-electron chi connectivity index (χ1n) is 6.76. The second-order valence-electron chi connectivity index (χ2n) is 5.29. The zero-order chi connectivity index (χ0) is 13.8. The minimum absolute atomic E-state index is 0.129. The molecule has 1 unspecified atom stereocenters. The average molecular weight is 281 g/mol. The Hall–Kier alpha value is -1.06. The van der Waals surface area contributed by atoms with Crippen LogP contribution in [0.15, 0.2) is 24.3 Å². The zero-order valence-electron chi connectivity index (χ0n) is 11.6. The van der Waals surface area contributed by atoms with Gasteiger partial charge in [0.25, 0.3) is 5.91 Å². The van der Waals surface area contributed by atoms with E-state index in [0.29, 0.717) is 5.88 Å². The molecule has 104 valence electrons. The van der Waals surface area contributed by atoms with Crippen LogP contribution >= 0.6 is 11.6 Å². The summed E-state index contributed by atoms with van der Waals surface area (Å²) in [6.07, 6.45) is 1.03. The molecule has 0 aliphatic carbocycles. The number of halogens is 1. The van der Waals surface area contributed by atoms with Crippen molar-refractivity contribution in [3.8, 4) is 0 Å². The Morgan fingerprint density at radius 1 is 1.32 bits per heavy atom. The standard InChI is InChI=1S/C15H21ClN2O/c1-12-11-17(2)8-3-9-18(12)15(19)14-6-4-13(10-16)5-7-14/h4-7,12H,3,8-11H2,1-2H3. The molecule has 0 spiro atoms. The highest BCUT2D eigenvalue weighted by atomic mass is 35.5. The van der Waals surface area contributed by atoms with Crippen LogP contribution in [0.25, 0.3) is 0 Å². The maximum absolute atomic E-state index is 12.5. The number of nitrogens with zero attached hydrogens (tertiary/aromatic N) is 2. The van der Waals surface area contributed by atoms with Crippen molar-refractivity contribution in [1.82, 2.24) is 9.80 Å². The molecule has 1 amide bonds. The molecule has 3 nitrogen and oxygen atoms in total. The van der Waals surface area contributed by atoms with Gasteiger partial charge in [0.05, 0.1) is 0 Å². The first kappa shape index (κ1) is 14.4. The molecular weight excluding hydrogens is 260 g/mol. The summed E-state index contributed by atoms with van der Waals surface area (Å²) in [5.41, 5.74) is 1.80. The fraction of sp³-hybridized carbons (Fsp3) is 0.533. The first-order chi connectivity index (χ1) is 9.11. The van der Waals surface area contributed by atoms with Crippen LogP contribution < -0.4 is 0 Å². The number of carbonyl (C=O) groups excluding carboxylic acids is 1. The van der Waals surface area contributed by atoms with Crippen molar-refractivity contribution in [2.45, 2.75) is 25.3 Å². The Bertz CT molecular complexity index is 432. The van der Waals surface area contributed by atoms with Crippen LogP contribution in [0.3, 0.4) is 0 Å². The summed E-state index contributed by atoms with van der Waals surface area (Å²) >= 11 is 5.77. The largest absolute Gasteiger partial charge is 0.335 e. The minimum Gasteiger partial charge on any atom is -0.335 e. The summed E-state index contributed by atoms with van der Waals surface area (Å²) in [7, 11) is 2.11. The molecule has 1 atom stereocenters. The Morgan fingerprint density at radius 2 is 2.00 bits per heavy atom. The van der Waals surface area contributed by atoms with Crippen LogP contribution in [0.2, 0.25) is 0 Å². The minimum atomic E-state index is 0.129. The molecule has 1 aromatic carbocycles. The number of hydrogen-bond donors (Lipinski definition) is 0. The highest BCUT2D eigenvalue weighted by molar-refractivity contribution is 6.17. The van der Waals surface area contributed by atoms with E-state index in [1.807, 2.05) is 29.2 Å². The van der Waals surface area contributed by atoms with Gasteiger partial charge in [0.1, 0.15) is 0 Å². The summed E-state index contributed by atoms with van der Waals surface area (Å²) in [5, 5.41) is 0. The molecule has 4 heteroatoms. The lowest BCUT2D eigenvalue weighted by atomic mass is 10.1. The topological polar surface area (TPSA) is 23.6 Å². The fourth-order valence-corrected chi connectivity index (χ4v) is 2.75. The van der Waals surface area contributed by atoms with E-state index in [1.54, 1.807) is 0 Å². The third kappa shape index (κ3) is 3.48. The van der Waals surface area contributed by atoms with Gasteiger partial charge in [-0.1, -0.05) is 12.1 Å². The van der Waals surface area contributed by atoms with Gasteiger partial charge in [-0.2, -0.15) is 0 Å². The Labute approximate surface area is 120 Å². The number of rotatable bonds is 2. The SMILES string of the molecule is CC1CN(C)CCCN1C(=O)c1ccc(CCl)cc1. The van der Waals surface area contributed by atoms with Gasteiger partial charge >= 0.3 is 0 Å². The van der Waals surface area contributed by atoms with Crippen molar-refractivity contribution in [1.29, 1.82) is 0 Å². The predicted octanol–water partition coefficient (Wildman–Crippen LogP) is 2.59. The molecule has 1 aromatic rings. The van der Waals surface area contributed by atoms with E-state index in [9.17, 15) is 4.79 Å². The van der Waals surface area contributed by atoms with Crippen LogP contribution in [0.5, 0.6) is 0 Å². The van der Waals surface area contributed by atoms with Gasteiger partial charge < -0.3 is 9.80 Å². The summed E-state index contributed by atoms with van der Waals surface area (Å²) in [6.45, 7) is 4.94. The lowest BCUT2D eigenvalue weighted by molar-refractivity contribution is 0.0696. The normalized spacial score (nSPS) is 21.2. The van der Waals surface area contributed by atoms with Gasteiger partial charge in [0.2, 0.25) is 0 Å². The van der Waals surface area contributed by atoms with Crippen molar-refractivity contribution in [2.75, 3.05) is 26.7 Å². The lowest BCUT2D eigenvalue weighted by Crippen LogP contribution is -2.41. The highest BCUT2D eigenvalue weighted by Gasteiger charge is 2.24. The number of amides is 1. The molecule has 0 N–H and O–H groups in total. The van der Waals surface area contributed by atoms with Crippen molar-refractivity contribution in [3.05, 3.63) is 35.4 Å². The molecule has 1 aliphatic heterocycles. The summed E-state index contributed by atoms with van der Waals surface area (Å²) in [6, 6.07) is 7.86. The van der Waals surface area contributed by atoms with Gasteiger partial charge in [-0.15, -0.1) is 11.6 Å². The summed E-state index contributed by atoms with van der Waals surface area (Å²) in [4.78, 5) is 16.8. The maximum atomic E-state index is 12.5. The Kier molecular flexibility index (Phi) is 4.83. The molecular formula is C15H21ClN2O. The fourth-order valence-electron chi connectivity index (χ4n) is 2.58. The molecule has 1 saturated heterocycles. The van der Waals surface area contributed by atoms with E-state index in [4.69, 9.17) is 11.6 Å². The van der Waals surface area contributed by atoms with Gasteiger partial charge in [-0.05, 0) is 44.6 Å². The van der Waals surface area contributed by atoms with Crippen LogP contribution in [-0.4, -0.2) is 48.4 Å². The molecule has 19 heavy (non-hydrogen) atoms. The summed E-state index contributed by atoms with van der Waals surface area (Å²) < 4.78 is 0. The van der Waals surface area contributed by atoms with Crippen LogP contribution in [-0.2, 0) is 5.88 Å². The van der Waals surface area contributed by atoms with E-state index in [2.05, 4.69) is 18.9 Å². The van der Waals surface area contributed by atoms with E-state index >= 15 is 0 Å². The Balaban J connectivity index is 2.12. The Morgan fingerprint density at radius 3 is 2.63 bits per heavy atom. The van der Waals surface area contributed by atoms with Gasteiger partial charge in [0.15, 0.2) is 0 Å². The van der Waals surface area contributed by atoms with Crippen molar-refractivity contribution in [3.63, 3.8) is 0 Å². The molecule has 0 radical (unpaired) electrons. The average Bonchev–Trinajstić information content (AvgIpc) is 2.58. The quantitative estimate of drug-likeness (QED) is 0.778. The third-order valence-electron chi connectivity index (χ3n) is 3.66. The molecule has 0 saturated carbocycles. The third-order valence-corrected chi connectivity index (χ3v) is 3.97. The second kappa shape index (κ2) is 6.40. The smallest absolute Gasteiger partial charge is 0.254 e. The van der Waals surface area contributed by atoms with E-state index in [-0.39, 0.29) is 11.9 Å². The first-order valence-corrected chi connectivity index (χ1v) is 7.29. The van der Waals surface area contributed by atoms with E-state index < -0.39 is 0 Å². The van der Waals surface area contributed by atoms with Gasteiger partial charge in [-0.25, -0.2) is 0 Å². The molecule has 2 rings (SSSR count). The molecule has 1 fully saturated rings. The van der Waals surface area contributed by atoms with Gasteiger partial charge in [0, 0.05) is 30.6 Å².